The van der Waals surface area contributed by atoms with Crippen LogP contribution >= 0.6 is 0 Å². The lowest BCUT2D eigenvalue weighted by Crippen LogP contribution is -2.17. The monoisotopic (exact) mass is 916 g/mol. The minimum Gasteiger partial charge on any atom is -0.403 e. The van der Waals surface area contributed by atoms with Crippen molar-refractivity contribution >= 4 is 21.5 Å². The summed E-state index contributed by atoms with van der Waals surface area (Å²) in [6, 6.07) is 47.6. The summed E-state index contributed by atoms with van der Waals surface area (Å²) in [5.74, 6) is -3.81. The van der Waals surface area contributed by atoms with E-state index in [1.54, 1.807) is 0 Å². The topological polar surface area (TPSA) is 18.5 Å². The molecule has 8 aromatic rings. The molecule has 2 nitrogen and oxygen atoms in total. The minimum absolute atomic E-state index is 0.467. The fourth-order valence-corrected chi connectivity index (χ4v) is 7.95. The molecule has 0 heterocycles. The maximum Gasteiger partial charge on any atom is 0.573 e. The maximum atomic E-state index is 14.1. The zero-order valence-electron chi connectivity index (χ0n) is 36.8. The molecule has 0 bridgehead atoms. The molecule has 0 unspecified atom stereocenters. The zero-order chi connectivity index (χ0) is 47.6. The first-order valence-corrected chi connectivity index (χ1v) is 22.1. The molecule has 8 aromatic carbocycles. The van der Waals surface area contributed by atoms with Gasteiger partial charge in [-0.2, -0.15) is 0 Å². The van der Waals surface area contributed by atoms with E-state index in [-0.39, 0.29) is 0 Å². The summed E-state index contributed by atoms with van der Waals surface area (Å²) < 4.78 is 110. The van der Waals surface area contributed by atoms with E-state index in [1.807, 2.05) is 54.6 Å². The number of unbranched alkanes of at least 4 members (excludes halogenated alkanes) is 4. The average Bonchev–Trinajstić information content (AvgIpc) is 3.31. The van der Waals surface area contributed by atoms with E-state index in [2.05, 4.69) is 95.8 Å². The molecule has 0 saturated carbocycles. The Morgan fingerprint density at radius 3 is 1.13 bits per heavy atom. The highest BCUT2D eigenvalue weighted by Crippen LogP contribution is 2.34. The molecule has 0 saturated heterocycles. The van der Waals surface area contributed by atoms with E-state index in [9.17, 15) is 35.1 Å². The van der Waals surface area contributed by atoms with E-state index in [1.165, 1.54) is 71.5 Å². The fraction of sp³-hybridized carbons (Fsp3) is 0.193. The van der Waals surface area contributed by atoms with Gasteiger partial charge >= 0.3 is 12.7 Å². The molecule has 0 fully saturated rings. The van der Waals surface area contributed by atoms with Gasteiger partial charge in [0.1, 0.15) is 0 Å². The summed E-state index contributed by atoms with van der Waals surface area (Å²) in [5, 5.41) is 4.69. The fourth-order valence-electron chi connectivity index (χ4n) is 7.95. The van der Waals surface area contributed by atoms with Gasteiger partial charge in [-0.1, -0.05) is 160 Å². The Kier molecular flexibility index (Phi) is 15.5. The van der Waals surface area contributed by atoms with Crippen molar-refractivity contribution in [2.24, 2.45) is 0 Å². The number of benzene rings is 8. The Morgan fingerprint density at radius 1 is 0.403 bits per heavy atom. The average molecular weight is 917 g/mol. The van der Waals surface area contributed by atoms with Crippen LogP contribution < -0.4 is 9.47 Å². The first kappa shape index (κ1) is 48.0. The van der Waals surface area contributed by atoms with Crippen LogP contribution in [0.2, 0.25) is 0 Å². The van der Waals surface area contributed by atoms with Crippen LogP contribution in [0.3, 0.4) is 0 Å². The molecule has 0 aromatic heterocycles. The van der Waals surface area contributed by atoms with Crippen LogP contribution in [0.15, 0.2) is 170 Å². The van der Waals surface area contributed by atoms with Crippen molar-refractivity contribution in [3.63, 3.8) is 0 Å². The predicted molar refractivity (Wildman–Crippen MR) is 254 cm³/mol. The summed E-state index contributed by atoms with van der Waals surface area (Å²) in [6.45, 7) is 5.99. The lowest BCUT2D eigenvalue weighted by atomic mass is 9.97. The number of alkyl halides is 6. The summed E-state index contributed by atoms with van der Waals surface area (Å²) in [7, 11) is 0. The Balaban J connectivity index is 0.000000200. The van der Waals surface area contributed by atoms with Gasteiger partial charge in [0, 0.05) is 0 Å². The highest BCUT2D eigenvalue weighted by molar-refractivity contribution is 5.89. The second-order valence-electron chi connectivity index (χ2n) is 16.3. The van der Waals surface area contributed by atoms with Crippen molar-refractivity contribution in [2.75, 3.05) is 0 Å². The van der Waals surface area contributed by atoms with Gasteiger partial charge in [-0.05, 0) is 139 Å². The normalized spacial score (nSPS) is 11.6. The van der Waals surface area contributed by atoms with Crippen LogP contribution in [-0.4, -0.2) is 12.7 Å². The van der Waals surface area contributed by atoms with Crippen LogP contribution in [0, 0.1) is 11.6 Å². The highest BCUT2D eigenvalue weighted by Gasteiger charge is 2.33. The summed E-state index contributed by atoms with van der Waals surface area (Å²) >= 11 is 0. The van der Waals surface area contributed by atoms with Crippen molar-refractivity contribution in [1.82, 2.24) is 0 Å². The molecule has 0 aliphatic heterocycles. The highest BCUT2D eigenvalue weighted by atomic mass is 19.4. The van der Waals surface area contributed by atoms with Crippen LogP contribution in [-0.2, 0) is 12.8 Å². The molecule has 344 valence electrons. The molecule has 10 heteroatoms. The van der Waals surface area contributed by atoms with Crippen LogP contribution in [0.1, 0.15) is 56.6 Å². The number of allylic oxidation sites excluding steroid dienone is 1. The lowest BCUT2D eigenvalue weighted by molar-refractivity contribution is -0.276. The van der Waals surface area contributed by atoms with Gasteiger partial charge in [-0.3, -0.25) is 0 Å². The number of ether oxygens (including phenoxy) is 2. The number of aryl methyl sites for hydroxylation is 2. The van der Waals surface area contributed by atoms with Crippen LogP contribution in [0.4, 0.5) is 35.1 Å². The number of halogens is 8. The van der Waals surface area contributed by atoms with Crippen molar-refractivity contribution in [3.05, 3.63) is 193 Å². The molecule has 0 atom stereocenters. The second-order valence-corrected chi connectivity index (χ2v) is 16.3. The summed E-state index contributed by atoms with van der Waals surface area (Å²) in [5.41, 5.74) is 9.09. The van der Waals surface area contributed by atoms with E-state index >= 15 is 0 Å². The lowest BCUT2D eigenvalue weighted by Gasteiger charge is -2.11. The van der Waals surface area contributed by atoms with E-state index in [0.29, 0.717) is 22.3 Å². The molecule has 67 heavy (non-hydrogen) atoms. The van der Waals surface area contributed by atoms with Gasteiger partial charge in [0.2, 0.25) is 0 Å². The van der Waals surface area contributed by atoms with Crippen molar-refractivity contribution in [1.29, 1.82) is 0 Å². The van der Waals surface area contributed by atoms with Crippen LogP contribution in [0.5, 0.6) is 11.5 Å². The molecular weight excluding hydrogens is 869 g/mol. The van der Waals surface area contributed by atoms with E-state index in [0.717, 1.165) is 71.2 Å². The predicted octanol–water partition coefficient (Wildman–Crippen LogP) is 18.1. The third-order valence-corrected chi connectivity index (χ3v) is 11.4. The van der Waals surface area contributed by atoms with E-state index in [4.69, 9.17) is 0 Å². The van der Waals surface area contributed by atoms with Gasteiger partial charge in [0.05, 0.1) is 0 Å². The SMILES string of the molecule is C=CCCc1ccc2cc(-c3ccc(-c4ccc(OC(F)(F)F)c(F)c4)cc3)ccc2c1.CCCCCCCc1ccc2cc(-c3ccc(-c4ccc(OC(F)(F)F)c(F)c4)cc3)ccc2c1. The van der Waals surface area contributed by atoms with Gasteiger partial charge in [0.25, 0.3) is 0 Å². The maximum absolute atomic E-state index is 14.1. The zero-order valence-corrected chi connectivity index (χ0v) is 36.8. The largest absolute Gasteiger partial charge is 0.573 e. The first-order valence-electron chi connectivity index (χ1n) is 22.1. The third kappa shape index (κ3) is 13.3. The second kappa shape index (κ2) is 21.6. The van der Waals surface area contributed by atoms with Crippen molar-refractivity contribution in [2.45, 2.75) is 71.0 Å². The van der Waals surface area contributed by atoms with Crippen LogP contribution in [0.25, 0.3) is 66.1 Å². The van der Waals surface area contributed by atoms with E-state index < -0.39 is 35.9 Å². The number of fused-ring (bicyclic) bond motifs is 2. The molecule has 0 radical (unpaired) electrons. The molecular formula is C57H48F8O2. The Morgan fingerprint density at radius 2 is 0.746 bits per heavy atom. The molecule has 0 amide bonds. The van der Waals surface area contributed by atoms with Gasteiger partial charge in [-0.25, -0.2) is 8.78 Å². The number of rotatable bonds is 15. The Hall–Kier alpha value is -6.94. The smallest absolute Gasteiger partial charge is 0.403 e. The molecule has 0 N–H and O–H groups in total. The summed E-state index contributed by atoms with van der Waals surface area (Å²) in [4.78, 5) is 0. The Labute approximate surface area is 385 Å². The van der Waals surface area contributed by atoms with Crippen molar-refractivity contribution in [3.8, 4) is 56.0 Å². The standard InChI is InChI=1S/C30H28F4O.C27H20F4O/c1-2-3-4-5-6-7-21-8-9-26-19-25(15-14-24(26)18-21)22-10-12-23(13-11-22)27-16-17-29(28(31)20-27)35-30(32,33)34;1-2-3-4-18-5-6-23-16-22(12-11-21(23)15-18)19-7-9-20(10-8-19)24-13-14-26(25(28)17-24)32-27(29,30)31/h8-20H,2-7H2,1H3;2,5-17H,1,3-4H2. The van der Waals surface area contributed by atoms with Crippen molar-refractivity contribution < 1.29 is 44.6 Å². The number of hydrogen-bond donors (Lipinski definition) is 0. The molecule has 0 aliphatic rings. The quantitative estimate of drug-likeness (QED) is 0.0580. The van der Waals surface area contributed by atoms with Gasteiger partial charge in [-0.15, -0.1) is 32.9 Å². The van der Waals surface area contributed by atoms with Gasteiger partial charge < -0.3 is 9.47 Å². The minimum atomic E-state index is -4.93. The Bertz CT molecular complexity index is 2940. The number of hydrogen-bond acceptors (Lipinski definition) is 2. The summed E-state index contributed by atoms with van der Waals surface area (Å²) in [6.07, 6.45) is 1.43. The molecule has 0 spiro atoms. The molecule has 0 aliphatic carbocycles. The third-order valence-electron chi connectivity index (χ3n) is 11.4. The van der Waals surface area contributed by atoms with Gasteiger partial charge in [0.15, 0.2) is 23.1 Å². The first-order chi connectivity index (χ1) is 32.1. The molecule has 8 rings (SSSR count).